The Morgan fingerprint density at radius 1 is 1.00 bits per heavy atom. The minimum absolute atomic E-state index is 0.298. The van der Waals surface area contributed by atoms with Gasteiger partial charge in [-0.1, -0.05) is 50.2 Å². The van der Waals surface area contributed by atoms with Gasteiger partial charge in [-0.05, 0) is 34.7 Å². The molecule has 2 aromatic carbocycles. The third kappa shape index (κ3) is 3.44. The Bertz CT molecular complexity index is 585. The lowest BCUT2D eigenvalue weighted by Crippen LogP contribution is -2.01. The normalized spacial score (nSPS) is 10.5. The average molecular weight is 254 g/mol. The van der Waals surface area contributed by atoms with Crippen LogP contribution >= 0.6 is 0 Å². The highest BCUT2D eigenvalue weighted by molar-refractivity contribution is 5.71. The molecule has 0 saturated carbocycles. The smallest absolute Gasteiger partial charge is 0.308 e. The number of ether oxygens (including phenoxy) is 1. The molecule has 2 aromatic rings. The molecule has 0 fully saturated rings. The van der Waals surface area contributed by atoms with Crippen molar-refractivity contribution in [2.24, 2.45) is 0 Å². The van der Waals surface area contributed by atoms with E-state index in [1.807, 2.05) is 18.2 Å². The lowest BCUT2D eigenvalue weighted by molar-refractivity contribution is -0.131. The third-order valence-electron chi connectivity index (χ3n) is 2.98. The molecule has 0 aromatic heterocycles. The Morgan fingerprint density at radius 3 is 2.26 bits per heavy atom. The van der Waals surface area contributed by atoms with Crippen LogP contribution in [0.15, 0.2) is 48.5 Å². The zero-order chi connectivity index (χ0) is 13.8. The first-order chi connectivity index (χ1) is 9.06. The highest BCUT2D eigenvalue weighted by Crippen LogP contribution is 2.26. The molecule has 2 nitrogen and oxygen atoms in total. The van der Waals surface area contributed by atoms with Crippen LogP contribution in [0.3, 0.4) is 0 Å². The Hall–Kier alpha value is -2.09. The van der Waals surface area contributed by atoms with E-state index in [9.17, 15) is 4.79 Å². The summed E-state index contributed by atoms with van der Waals surface area (Å²) < 4.78 is 5.12. The number of benzene rings is 2. The van der Waals surface area contributed by atoms with Gasteiger partial charge < -0.3 is 4.74 Å². The summed E-state index contributed by atoms with van der Waals surface area (Å²) in [4.78, 5) is 11.0. The quantitative estimate of drug-likeness (QED) is 0.599. The predicted molar refractivity (Wildman–Crippen MR) is 77.3 cm³/mol. The van der Waals surface area contributed by atoms with Crippen molar-refractivity contribution >= 4 is 5.97 Å². The van der Waals surface area contributed by atoms with Gasteiger partial charge in [0.1, 0.15) is 5.75 Å². The van der Waals surface area contributed by atoms with E-state index in [0.29, 0.717) is 11.7 Å². The van der Waals surface area contributed by atoms with Crippen molar-refractivity contribution in [3.63, 3.8) is 0 Å². The number of esters is 1. The van der Waals surface area contributed by atoms with Crippen molar-refractivity contribution in [3.8, 4) is 16.9 Å². The SMILES string of the molecule is CC(=O)Oc1cccc(-c2cccc(C(C)C)c2)c1. The molecule has 2 heteroatoms. The van der Waals surface area contributed by atoms with Gasteiger partial charge in [-0.15, -0.1) is 0 Å². The van der Waals surface area contributed by atoms with Crippen molar-refractivity contribution in [2.75, 3.05) is 0 Å². The molecule has 0 amide bonds. The zero-order valence-electron chi connectivity index (χ0n) is 11.5. The maximum Gasteiger partial charge on any atom is 0.308 e. The summed E-state index contributed by atoms with van der Waals surface area (Å²) in [6, 6.07) is 16.0. The van der Waals surface area contributed by atoms with Gasteiger partial charge in [0, 0.05) is 6.92 Å². The minimum atomic E-state index is -0.298. The first-order valence-corrected chi connectivity index (χ1v) is 6.45. The van der Waals surface area contributed by atoms with E-state index in [0.717, 1.165) is 11.1 Å². The number of hydrogen-bond acceptors (Lipinski definition) is 2. The summed E-state index contributed by atoms with van der Waals surface area (Å²) in [6.45, 7) is 5.76. The maximum atomic E-state index is 11.0. The van der Waals surface area contributed by atoms with Crippen LogP contribution < -0.4 is 4.74 Å². The van der Waals surface area contributed by atoms with Gasteiger partial charge >= 0.3 is 5.97 Å². The summed E-state index contributed by atoms with van der Waals surface area (Å²) in [5.74, 6) is 0.782. The second-order valence-corrected chi connectivity index (χ2v) is 4.90. The standard InChI is InChI=1S/C17H18O2/c1-12(2)14-6-4-7-15(10-14)16-8-5-9-17(11-16)19-13(3)18/h4-12H,1-3H3. The van der Waals surface area contributed by atoms with Crippen LogP contribution in [0.4, 0.5) is 0 Å². The van der Waals surface area contributed by atoms with Crippen LogP contribution in [-0.4, -0.2) is 5.97 Å². The molecule has 19 heavy (non-hydrogen) atoms. The Balaban J connectivity index is 2.36. The van der Waals surface area contributed by atoms with E-state index in [-0.39, 0.29) is 5.97 Å². The molecule has 0 radical (unpaired) electrons. The predicted octanol–water partition coefficient (Wildman–Crippen LogP) is 4.40. The summed E-state index contributed by atoms with van der Waals surface area (Å²) in [5.41, 5.74) is 3.50. The van der Waals surface area contributed by atoms with Crippen molar-refractivity contribution in [1.82, 2.24) is 0 Å². The van der Waals surface area contributed by atoms with Gasteiger partial charge in [0.15, 0.2) is 0 Å². The number of rotatable bonds is 3. The Morgan fingerprint density at radius 2 is 1.63 bits per heavy atom. The van der Waals surface area contributed by atoms with Crippen LogP contribution in [0.1, 0.15) is 32.3 Å². The molecule has 0 aliphatic heterocycles. The van der Waals surface area contributed by atoms with Gasteiger partial charge in [-0.25, -0.2) is 0 Å². The molecule has 0 bridgehead atoms. The highest BCUT2D eigenvalue weighted by Gasteiger charge is 2.04. The summed E-state index contributed by atoms with van der Waals surface area (Å²) in [7, 11) is 0. The lowest BCUT2D eigenvalue weighted by Gasteiger charge is -2.09. The van der Waals surface area contributed by atoms with Crippen LogP contribution in [0.2, 0.25) is 0 Å². The fraction of sp³-hybridized carbons (Fsp3) is 0.235. The van der Waals surface area contributed by atoms with Crippen LogP contribution in [-0.2, 0) is 4.79 Å². The first-order valence-electron chi connectivity index (χ1n) is 6.45. The molecular formula is C17H18O2. The number of carbonyl (C=O) groups excluding carboxylic acids is 1. The highest BCUT2D eigenvalue weighted by atomic mass is 16.5. The fourth-order valence-corrected chi connectivity index (χ4v) is 1.98. The monoisotopic (exact) mass is 254 g/mol. The fourth-order valence-electron chi connectivity index (χ4n) is 1.98. The molecule has 2 rings (SSSR count). The van der Waals surface area contributed by atoms with Crippen LogP contribution in [0.5, 0.6) is 5.75 Å². The van der Waals surface area contributed by atoms with Crippen molar-refractivity contribution in [1.29, 1.82) is 0 Å². The Kier molecular flexibility index (Phi) is 4.00. The second kappa shape index (κ2) is 5.70. The summed E-state index contributed by atoms with van der Waals surface area (Å²) in [6.07, 6.45) is 0. The molecule has 0 atom stereocenters. The van der Waals surface area contributed by atoms with Gasteiger partial charge in [-0.2, -0.15) is 0 Å². The van der Waals surface area contributed by atoms with Crippen molar-refractivity contribution in [2.45, 2.75) is 26.7 Å². The Labute approximate surface area is 114 Å². The van der Waals surface area contributed by atoms with E-state index in [2.05, 4.69) is 38.1 Å². The van der Waals surface area contributed by atoms with Gasteiger partial charge in [0.25, 0.3) is 0 Å². The largest absolute Gasteiger partial charge is 0.427 e. The van der Waals surface area contributed by atoms with Gasteiger partial charge in [-0.3, -0.25) is 4.79 Å². The van der Waals surface area contributed by atoms with E-state index >= 15 is 0 Å². The molecule has 0 aliphatic carbocycles. The second-order valence-electron chi connectivity index (χ2n) is 4.90. The van der Waals surface area contributed by atoms with E-state index < -0.39 is 0 Å². The van der Waals surface area contributed by atoms with Gasteiger partial charge in [0.05, 0.1) is 0 Å². The van der Waals surface area contributed by atoms with Crippen LogP contribution in [0.25, 0.3) is 11.1 Å². The van der Waals surface area contributed by atoms with Crippen LogP contribution in [0, 0.1) is 0 Å². The van der Waals surface area contributed by atoms with E-state index in [4.69, 9.17) is 4.74 Å². The molecule has 0 N–H and O–H groups in total. The van der Waals surface area contributed by atoms with Gasteiger partial charge in [0.2, 0.25) is 0 Å². The van der Waals surface area contributed by atoms with E-state index in [1.54, 1.807) is 6.07 Å². The molecule has 0 heterocycles. The summed E-state index contributed by atoms with van der Waals surface area (Å²) >= 11 is 0. The minimum Gasteiger partial charge on any atom is -0.427 e. The molecule has 98 valence electrons. The summed E-state index contributed by atoms with van der Waals surface area (Å²) in [5, 5.41) is 0. The molecule has 0 saturated heterocycles. The van der Waals surface area contributed by atoms with Crippen molar-refractivity contribution in [3.05, 3.63) is 54.1 Å². The maximum absolute atomic E-state index is 11.0. The third-order valence-corrected chi connectivity index (χ3v) is 2.98. The zero-order valence-corrected chi connectivity index (χ0v) is 11.5. The molecule has 0 aliphatic rings. The molecule has 0 unspecified atom stereocenters. The molecule has 0 spiro atoms. The topological polar surface area (TPSA) is 26.3 Å². The number of hydrogen-bond donors (Lipinski definition) is 0. The van der Waals surface area contributed by atoms with E-state index in [1.165, 1.54) is 12.5 Å². The average Bonchev–Trinajstić information content (AvgIpc) is 2.38. The first kappa shape index (κ1) is 13.3. The van der Waals surface area contributed by atoms with Crippen molar-refractivity contribution < 1.29 is 9.53 Å². The lowest BCUT2D eigenvalue weighted by atomic mass is 9.97. The number of carbonyl (C=O) groups is 1. The molecular weight excluding hydrogens is 236 g/mol.